The summed E-state index contributed by atoms with van der Waals surface area (Å²) in [7, 11) is -1.43. The Labute approximate surface area is 192 Å². The first-order chi connectivity index (χ1) is 14.9. The minimum atomic E-state index is -3.09. The quantitative estimate of drug-likeness (QED) is 0.375. The van der Waals surface area contributed by atoms with E-state index in [9.17, 15) is 4.57 Å². The normalized spacial score (nSPS) is 23.8. The van der Waals surface area contributed by atoms with Crippen molar-refractivity contribution < 1.29 is 18.6 Å². The van der Waals surface area contributed by atoms with E-state index in [-0.39, 0.29) is 12.0 Å². The van der Waals surface area contributed by atoms with Crippen LogP contribution in [0, 0.1) is 0 Å². The Hall–Kier alpha value is -1.81. The van der Waals surface area contributed by atoms with Crippen molar-refractivity contribution in [2.45, 2.75) is 18.4 Å². The molecule has 4 rings (SSSR count). The third kappa shape index (κ3) is 5.52. The van der Waals surface area contributed by atoms with Gasteiger partial charge in [0.05, 0.1) is 12.7 Å². The SMILES string of the molecule is COC1COP(=O)(c2ccc(Oc3ccc(Cl)cc3)cc2)CC(c2ccc(Cl)cc2)C1. The van der Waals surface area contributed by atoms with Gasteiger partial charge in [-0.1, -0.05) is 35.3 Å². The Kier molecular flexibility index (Phi) is 7.05. The lowest BCUT2D eigenvalue weighted by atomic mass is 9.95. The fourth-order valence-corrected chi connectivity index (χ4v) is 6.37. The van der Waals surface area contributed by atoms with Crippen molar-refractivity contribution in [1.29, 1.82) is 0 Å². The molecule has 1 fully saturated rings. The Morgan fingerprint density at radius 2 is 1.42 bits per heavy atom. The maximum atomic E-state index is 13.9. The van der Waals surface area contributed by atoms with Gasteiger partial charge in [0.15, 0.2) is 0 Å². The summed E-state index contributed by atoms with van der Waals surface area (Å²) in [6.45, 7) is 0.293. The first-order valence-corrected chi connectivity index (χ1v) is 12.6. The summed E-state index contributed by atoms with van der Waals surface area (Å²) >= 11 is 12.0. The van der Waals surface area contributed by atoms with E-state index in [1.165, 1.54) is 0 Å². The first kappa shape index (κ1) is 22.4. The van der Waals surface area contributed by atoms with Crippen molar-refractivity contribution in [2.75, 3.05) is 19.9 Å². The summed E-state index contributed by atoms with van der Waals surface area (Å²) in [6, 6.07) is 22.1. The molecular formula is C24H23Cl2O4P. The molecular weight excluding hydrogens is 454 g/mol. The van der Waals surface area contributed by atoms with Crippen LogP contribution < -0.4 is 10.0 Å². The Morgan fingerprint density at radius 3 is 2.00 bits per heavy atom. The molecule has 0 N–H and O–H groups in total. The molecule has 1 heterocycles. The average Bonchev–Trinajstić information content (AvgIpc) is 2.96. The number of rotatable bonds is 5. The maximum Gasteiger partial charge on any atom is 0.232 e. The molecule has 0 bridgehead atoms. The molecule has 3 aromatic carbocycles. The first-order valence-electron chi connectivity index (χ1n) is 10.0. The van der Waals surface area contributed by atoms with E-state index in [2.05, 4.69) is 0 Å². The third-order valence-electron chi connectivity index (χ3n) is 5.43. The topological polar surface area (TPSA) is 44.8 Å². The van der Waals surface area contributed by atoms with Gasteiger partial charge in [-0.05, 0) is 78.6 Å². The highest BCUT2D eigenvalue weighted by atomic mass is 35.5. The molecule has 0 saturated carbocycles. The van der Waals surface area contributed by atoms with Crippen LogP contribution in [-0.4, -0.2) is 26.0 Å². The fraction of sp³-hybridized carbons (Fsp3) is 0.250. The van der Waals surface area contributed by atoms with Crippen molar-refractivity contribution in [2.24, 2.45) is 0 Å². The summed E-state index contributed by atoms with van der Waals surface area (Å²) in [4.78, 5) is 0. The van der Waals surface area contributed by atoms with Crippen LogP contribution >= 0.6 is 30.6 Å². The van der Waals surface area contributed by atoms with E-state index in [0.717, 1.165) is 12.0 Å². The average molecular weight is 477 g/mol. The molecule has 4 nitrogen and oxygen atoms in total. The largest absolute Gasteiger partial charge is 0.457 e. The number of hydrogen-bond acceptors (Lipinski definition) is 4. The third-order valence-corrected chi connectivity index (χ3v) is 8.51. The molecule has 0 amide bonds. The summed E-state index contributed by atoms with van der Waals surface area (Å²) in [5.74, 6) is 1.37. The molecule has 31 heavy (non-hydrogen) atoms. The molecule has 162 valence electrons. The van der Waals surface area contributed by atoms with Crippen molar-refractivity contribution >= 4 is 35.9 Å². The number of hydrogen-bond donors (Lipinski definition) is 0. The zero-order valence-corrected chi connectivity index (χ0v) is 19.4. The predicted molar refractivity (Wildman–Crippen MR) is 126 cm³/mol. The lowest BCUT2D eigenvalue weighted by Gasteiger charge is -2.21. The van der Waals surface area contributed by atoms with Crippen molar-refractivity contribution in [3.63, 3.8) is 0 Å². The van der Waals surface area contributed by atoms with Gasteiger partial charge in [-0.15, -0.1) is 0 Å². The van der Waals surface area contributed by atoms with Crippen molar-refractivity contribution in [3.05, 3.63) is 88.4 Å². The highest BCUT2D eigenvalue weighted by Crippen LogP contribution is 2.52. The van der Waals surface area contributed by atoms with Crippen LogP contribution in [0.15, 0.2) is 72.8 Å². The standard InChI is InChI=1S/C24H23Cl2O4P/c1-28-23-14-18(17-2-4-19(25)5-3-17)16-31(27,29-15-23)24-12-10-22(11-13-24)30-21-8-6-20(26)7-9-21/h2-13,18,23H,14-16H2,1H3. The van der Waals surface area contributed by atoms with E-state index in [4.69, 9.17) is 37.2 Å². The van der Waals surface area contributed by atoms with Crippen LogP contribution in [0.5, 0.6) is 11.5 Å². The monoisotopic (exact) mass is 476 g/mol. The van der Waals surface area contributed by atoms with Gasteiger partial charge >= 0.3 is 0 Å². The van der Waals surface area contributed by atoms with E-state index in [1.807, 2.05) is 48.5 Å². The summed E-state index contributed by atoms with van der Waals surface area (Å²) in [6.07, 6.45) is 1.02. The van der Waals surface area contributed by atoms with Gasteiger partial charge in [-0.25, -0.2) is 0 Å². The molecule has 3 unspecified atom stereocenters. The predicted octanol–water partition coefficient (Wildman–Crippen LogP) is 6.91. The molecule has 7 heteroatoms. The Balaban J connectivity index is 1.56. The fourth-order valence-electron chi connectivity index (χ4n) is 3.71. The van der Waals surface area contributed by atoms with Gasteiger partial charge in [-0.3, -0.25) is 4.57 Å². The number of benzene rings is 3. The number of methoxy groups -OCH3 is 1. The molecule has 3 aromatic rings. The minimum absolute atomic E-state index is 0.0422. The summed E-state index contributed by atoms with van der Waals surface area (Å²) < 4.78 is 31.3. The van der Waals surface area contributed by atoms with Crippen molar-refractivity contribution in [3.8, 4) is 11.5 Å². The molecule has 0 aliphatic carbocycles. The molecule has 1 aliphatic heterocycles. The lowest BCUT2D eigenvalue weighted by molar-refractivity contribution is 0.0557. The van der Waals surface area contributed by atoms with Gasteiger partial charge in [0.2, 0.25) is 7.37 Å². The molecule has 0 spiro atoms. The highest BCUT2D eigenvalue weighted by molar-refractivity contribution is 7.67. The van der Waals surface area contributed by atoms with Gasteiger partial charge < -0.3 is 14.0 Å². The molecule has 1 saturated heterocycles. The van der Waals surface area contributed by atoms with Gasteiger partial charge in [0.1, 0.15) is 11.5 Å². The van der Waals surface area contributed by atoms with E-state index < -0.39 is 7.37 Å². The molecule has 0 radical (unpaired) electrons. The minimum Gasteiger partial charge on any atom is -0.457 e. The van der Waals surface area contributed by atoms with E-state index in [1.54, 1.807) is 31.4 Å². The highest BCUT2D eigenvalue weighted by Gasteiger charge is 2.36. The summed E-state index contributed by atoms with van der Waals surface area (Å²) in [5, 5.41) is 2.00. The second-order valence-corrected chi connectivity index (χ2v) is 10.9. The second-order valence-electron chi connectivity index (χ2n) is 7.54. The van der Waals surface area contributed by atoms with Crippen LogP contribution in [-0.2, 0) is 13.8 Å². The van der Waals surface area contributed by atoms with Crippen LogP contribution in [0.25, 0.3) is 0 Å². The van der Waals surface area contributed by atoms with Gasteiger partial charge in [0, 0.05) is 28.6 Å². The molecule has 3 atom stereocenters. The van der Waals surface area contributed by atoms with E-state index in [0.29, 0.717) is 39.6 Å². The number of ether oxygens (including phenoxy) is 2. The van der Waals surface area contributed by atoms with Crippen LogP contribution in [0.1, 0.15) is 17.9 Å². The smallest absolute Gasteiger partial charge is 0.232 e. The van der Waals surface area contributed by atoms with Crippen molar-refractivity contribution in [1.82, 2.24) is 0 Å². The number of halogens is 2. The van der Waals surface area contributed by atoms with Gasteiger partial charge in [0.25, 0.3) is 0 Å². The maximum absolute atomic E-state index is 13.9. The second kappa shape index (κ2) is 9.77. The molecule has 0 aromatic heterocycles. The van der Waals surface area contributed by atoms with Crippen LogP contribution in [0.2, 0.25) is 10.0 Å². The zero-order chi connectivity index (χ0) is 21.8. The van der Waals surface area contributed by atoms with E-state index >= 15 is 0 Å². The molecule has 1 aliphatic rings. The lowest BCUT2D eigenvalue weighted by Crippen LogP contribution is -2.18. The van der Waals surface area contributed by atoms with Gasteiger partial charge in [-0.2, -0.15) is 0 Å². The van der Waals surface area contributed by atoms with Crippen LogP contribution in [0.3, 0.4) is 0 Å². The summed E-state index contributed by atoms with van der Waals surface area (Å²) in [5.41, 5.74) is 1.08. The Bertz CT molecular complexity index is 1050. The Morgan fingerprint density at radius 1 is 0.871 bits per heavy atom. The zero-order valence-electron chi connectivity index (χ0n) is 17.0. The van der Waals surface area contributed by atoms with Crippen LogP contribution in [0.4, 0.5) is 0 Å².